The van der Waals surface area contributed by atoms with Crippen LogP contribution in [0.4, 0.5) is 0 Å². The maximum Gasteiger partial charge on any atom is 0.170 e. The summed E-state index contributed by atoms with van der Waals surface area (Å²) in [6, 6.07) is 2.96. The predicted molar refractivity (Wildman–Crippen MR) is 45.8 cm³/mol. The van der Waals surface area contributed by atoms with Crippen LogP contribution in [0.3, 0.4) is 0 Å². The summed E-state index contributed by atoms with van der Waals surface area (Å²) in [5, 5.41) is 27.0. The molecule has 0 bridgehead atoms. The van der Waals surface area contributed by atoms with Crippen LogP contribution in [0, 0.1) is 11.3 Å². The highest BCUT2D eigenvalue weighted by Gasteiger charge is 2.17. The molecular weight excluding hydrogens is 192 g/mol. The number of halogens is 1. The van der Waals surface area contributed by atoms with Gasteiger partial charge in [0.05, 0.1) is 11.1 Å². The van der Waals surface area contributed by atoms with E-state index in [4.69, 9.17) is 22.0 Å². The highest BCUT2D eigenvalue weighted by molar-refractivity contribution is 6.30. The molecule has 0 aromatic carbocycles. The van der Waals surface area contributed by atoms with Crippen molar-refractivity contribution in [3.8, 4) is 6.07 Å². The van der Waals surface area contributed by atoms with Gasteiger partial charge in [-0.2, -0.15) is 5.26 Å². The van der Waals surface area contributed by atoms with Crippen molar-refractivity contribution < 1.29 is 10.2 Å². The second-order valence-corrected chi connectivity index (χ2v) is 2.89. The predicted octanol–water partition coefficient (Wildman–Crippen LogP) is 0.653. The summed E-state index contributed by atoms with van der Waals surface area (Å²) in [7, 11) is 0. The van der Waals surface area contributed by atoms with Crippen LogP contribution in [0.15, 0.2) is 18.5 Å². The Morgan fingerprint density at radius 2 is 2.15 bits per heavy atom. The molecule has 1 heterocycles. The minimum absolute atomic E-state index is 0.321. The number of hydrogen-bond donors (Lipinski definition) is 2. The molecule has 68 valence electrons. The summed E-state index contributed by atoms with van der Waals surface area (Å²) in [5.41, 5.74) is 0.321. The van der Waals surface area contributed by atoms with Gasteiger partial charge in [0.25, 0.3) is 0 Å². The first-order valence-electron chi connectivity index (χ1n) is 3.51. The molecule has 0 saturated carbocycles. The lowest BCUT2D eigenvalue weighted by molar-refractivity contribution is 0.0526. The zero-order valence-corrected chi connectivity index (χ0v) is 7.31. The second-order valence-electron chi connectivity index (χ2n) is 2.46. The number of aliphatic hydroxyl groups excluding tert-OH is 2. The van der Waals surface area contributed by atoms with Crippen molar-refractivity contribution in [3.05, 3.63) is 29.0 Å². The normalized spacial score (nSPS) is 14.6. The molecule has 2 unspecified atom stereocenters. The number of rotatable bonds is 2. The molecule has 2 atom stereocenters. The van der Waals surface area contributed by atoms with Crippen LogP contribution in [0.25, 0.3) is 0 Å². The lowest BCUT2D eigenvalue weighted by atomic mass is 10.1. The Bertz CT molecular complexity index is 337. The molecule has 1 aromatic heterocycles. The Balaban J connectivity index is 2.90. The van der Waals surface area contributed by atoms with Gasteiger partial charge in [-0.25, -0.2) is 0 Å². The quantitative estimate of drug-likeness (QED) is 0.685. The molecule has 0 aliphatic carbocycles. The van der Waals surface area contributed by atoms with E-state index < -0.39 is 12.2 Å². The van der Waals surface area contributed by atoms with Crippen LogP contribution in [0.5, 0.6) is 0 Å². The van der Waals surface area contributed by atoms with Crippen LogP contribution < -0.4 is 0 Å². The Morgan fingerprint density at radius 1 is 1.46 bits per heavy atom. The zero-order valence-electron chi connectivity index (χ0n) is 6.55. The van der Waals surface area contributed by atoms with E-state index in [0.717, 1.165) is 0 Å². The molecule has 0 saturated heterocycles. The minimum Gasteiger partial charge on any atom is -0.384 e. The minimum atomic E-state index is -1.46. The Kier molecular flexibility index (Phi) is 3.20. The van der Waals surface area contributed by atoms with Crippen molar-refractivity contribution in [3.63, 3.8) is 0 Å². The van der Waals surface area contributed by atoms with Gasteiger partial charge in [-0.1, -0.05) is 11.6 Å². The number of nitriles is 1. The lowest BCUT2D eigenvalue weighted by Crippen LogP contribution is -2.15. The molecule has 0 amide bonds. The van der Waals surface area contributed by atoms with Crippen LogP contribution in [-0.4, -0.2) is 21.3 Å². The van der Waals surface area contributed by atoms with E-state index in [0.29, 0.717) is 10.6 Å². The highest BCUT2D eigenvalue weighted by atomic mass is 35.5. The number of aliphatic hydroxyl groups is 2. The molecule has 13 heavy (non-hydrogen) atoms. The molecule has 2 N–H and O–H groups in total. The monoisotopic (exact) mass is 198 g/mol. The number of hydrogen-bond acceptors (Lipinski definition) is 4. The Morgan fingerprint density at radius 3 is 2.69 bits per heavy atom. The van der Waals surface area contributed by atoms with Crippen LogP contribution in [-0.2, 0) is 0 Å². The smallest absolute Gasteiger partial charge is 0.170 e. The average molecular weight is 199 g/mol. The van der Waals surface area contributed by atoms with Crippen molar-refractivity contribution in [1.82, 2.24) is 4.98 Å². The van der Waals surface area contributed by atoms with Gasteiger partial charge in [0.2, 0.25) is 0 Å². The van der Waals surface area contributed by atoms with E-state index in [1.54, 1.807) is 0 Å². The van der Waals surface area contributed by atoms with Crippen LogP contribution in [0.1, 0.15) is 11.7 Å². The van der Waals surface area contributed by atoms with Gasteiger partial charge in [0, 0.05) is 18.0 Å². The Labute approximate surface area is 80.0 Å². The fourth-order valence-corrected chi connectivity index (χ4v) is 1.03. The van der Waals surface area contributed by atoms with Gasteiger partial charge < -0.3 is 10.2 Å². The van der Waals surface area contributed by atoms with Crippen LogP contribution >= 0.6 is 11.6 Å². The number of pyridine rings is 1. The molecule has 0 aliphatic rings. The van der Waals surface area contributed by atoms with Gasteiger partial charge in [0.15, 0.2) is 6.10 Å². The summed E-state index contributed by atoms with van der Waals surface area (Å²) in [4.78, 5) is 3.71. The first kappa shape index (κ1) is 9.93. The summed E-state index contributed by atoms with van der Waals surface area (Å²) in [5.74, 6) is 0. The first-order valence-corrected chi connectivity index (χ1v) is 3.89. The third kappa shape index (κ3) is 2.39. The number of nitrogens with zero attached hydrogens (tertiary/aromatic N) is 2. The standard InChI is InChI=1S/C8H7ClN2O2/c9-6-1-5(3-11-4-6)8(13)7(12)2-10/h1,3-4,7-8,12-13H. The first-order chi connectivity index (χ1) is 6.15. The van der Waals surface area contributed by atoms with E-state index >= 15 is 0 Å². The third-order valence-corrected chi connectivity index (χ3v) is 1.71. The molecule has 1 rings (SSSR count). The van der Waals surface area contributed by atoms with Gasteiger partial charge >= 0.3 is 0 Å². The van der Waals surface area contributed by atoms with Gasteiger partial charge in [0.1, 0.15) is 6.10 Å². The summed E-state index contributed by atoms with van der Waals surface area (Å²) < 4.78 is 0. The Hall–Kier alpha value is -1.15. The SMILES string of the molecule is N#CC(O)C(O)c1cncc(Cl)c1. The maximum atomic E-state index is 9.34. The molecule has 4 nitrogen and oxygen atoms in total. The van der Waals surface area contributed by atoms with Crippen molar-refractivity contribution in [1.29, 1.82) is 5.26 Å². The zero-order chi connectivity index (χ0) is 9.84. The van der Waals surface area contributed by atoms with Gasteiger partial charge in [-0.15, -0.1) is 0 Å². The molecule has 0 radical (unpaired) electrons. The van der Waals surface area contributed by atoms with Crippen molar-refractivity contribution in [2.24, 2.45) is 0 Å². The van der Waals surface area contributed by atoms with E-state index in [1.807, 2.05) is 0 Å². The molecule has 0 fully saturated rings. The fraction of sp³-hybridized carbons (Fsp3) is 0.250. The van der Waals surface area contributed by atoms with Crippen molar-refractivity contribution >= 4 is 11.6 Å². The molecular formula is C8H7ClN2O2. The summed E-state index contributed by atoms with van der Waals surface area (Å²) >= 11 is 5.60. The maximum absolute atomic E-state index is 9.34. The summed E-state index contributed by atoms with van der Waals surface area (Å²) in [6.45, 7) is 0. The fourth-order valence-electron chi connectivity index (χ4n) is 0.843. The molecule has 0 spiro atoms. The average Bonchev–Trinajstić information content (AvgIpc) is 2.15. The lowest BCUT2D eigenvalue weighted by Gasteiger charge is -2.10. The number of aromatic nitrogens is 1. The van der Waals surface area contributed by atoms with E-state index in [-0.39, 0.29) is 0 Å². The third-order valence-electron chi connectivity index (χ3n) is 1.50. The van der Waals surface area contributed by atoms with Gasteiger partial charge in [-0.3, -0.25) is 4.98 Å². The van der Waals surface area contributed by atoms with E-state index in [1.165, 1.54) is 24.5 Å². The largest absolute Gasteiger partial charge is 0.384 e. The van der Waals surface area contributed by atoms with E-state index in [9.17, 15) is 5.11 Å². The molecule has 1 aromatic rings. The van der Waals surface area contributed by atoms with Crippen molar-refractivity contribution in [2.75, 3.05) is 0 Å². The van der Waals surface area contributed by atoms with E-state index in [2.05, 4.69) is 4.98 Å². The molecule has 5 heteroatoms. The highest BCUT2D eigenvalue weighted by Crippen LogP contribution is 2.18. The molecule has 0 aliphatic heterocycles. The van der Waals surface area contributed by atoms with Crippen molar-refractivity contribution in [2.45, 2.75) is 12.2 Å². The summed E-state index contributed by atoms with van der Waals surface area (Å²) in [6.07, 6.45) is 0.0182. The topological polar surface area (TPSA) is 77.1 Å². The van der Waals surface area contributed by atoms with Crippen LogP contribution in [0.2, 0.25) is 5.02 Å². The second kappa shape index (κ2) is 4.19. The van der Waals surface area contributed by atoms with Gasteiger partial charge in [-0.05, 0) is 6.07 Å².